The summed E-state index contributed by atoms with van der Waals surface area (Å²) in [6.07, 6.45) is 2.38. The SMILES string of the molecule is O=C(CCCc1ccccc1)NCCC(O)c1ccsc1. The number of hydrogen-bond acceptors (Lipinski definition) is 3. The van der Waals surface area contributed by atoms with E-state index in [1.54, 1.807) is 11.3 Å². The maximum absolute atomic E-state index is 11.7. The number of rotatable bonds is 8. The van der Waals surface area contributed by atoms with Crippen LogP contribution in [0.4, 0.5) is 0 Å². The summed E-state index contributed by atoms with van der Waals surface area (Å²) in [4.78, 5) is 11.7. The van der Waals surface area contributed by atoms with Gasteiger partial charge in [-0.15, -0.1) is 0 Å². The van der Waals surface area contributed by atoms with Gasteiger partial charge in [-0.25, -0.2) is 0 Å². The predicted octanol–water partition coefficient (Wildman–Crippen LogP) is 3.31. The van der Waals surface area contributed by atoms with Crippen LogP contribution in [0.5, 0.6) is 0 Å². The van der Waals surface area contributed by atoms with Crippen LogP contribution in [0.25, 0.3) is 0 Å². The van der Waals surface area contributed by atoms with Crippen LogP contribution in [0.1, 0.15) is 36.5 Å². The van der Waals surface area contributed by atoms with Gasteiger partial charge in [0.05, 0.1) is 6.10 Å². The molecule has 1 heterocycles. The van der Waals surface area contributed by atoms with E-state index >= 15 is 0 Å². The van der Waals surface area contributed by atoms with Crippen molar-refractivity contribution in [1.82, 2.24) is 5.32 Å². The molecular weight excluding hydrogens is 282 g/mol. The van der Waals surface area contributed by atoms with Gasteiger partial charge in [0.1, 0.15) is 0 Å². The molecular formula is C17H21NO2S. The molecule has 1 aromatic heterocycles. The molecule has 2 rings (SSSR count). The van der Waals surface area contributed by atoms with Crippen LogP contribution in [0.15, 0.2) is 47.2 Å². The molecule has 0 aliphatic heterocycles. The second-order valence-corrected chi connectivity index (χ2v) is 5.83. The summed E-state index contributed by atoms with van der Waals surface area (Å²) in [6.45, 7) is 0.515. The molecule has 1 atom stereocenters. The Labute approximate surface area is 129 Å². The molecule has 0 fully saturated rings. The van der Waals surface area contributed by atoms with Crippen molar-refractivity contribution in [3.05, 3.63) is 58.3 Å². The third-order valence-corrected chi connectivity index (χ3v) is 4.08. The fraction of sp³-hybridized carbons (Fsp3) is 0.353. The second kappa shape index (κ2) is 8.60. The van der Waals surface area contributed by atoms with Gasteiger partial charge >= 0.3 is 0 Å². The number of hydrogen-bond donors (Lipinski definition) is 2. The Balaban J connectivity index is 1.57. The zero-order chi connectivity index (χ0) is 14.9. The van der Waals surface area contributed by atoms with Crippen molar-refractivity contribution >= 4 is 17.2 Å². The first-order chi connectivity index (χ1) is 10.3. The van der Waals surface area contributed by atoms with Gasteiger partial charge in [0.15, 0.2) is 0 Å². The molecule has 2 N–H and O–H groups in total. The minimum absolute atomic E-state index is 0.0587. The Hall–Kier alpha value is -1.65. The van der Waals surface area contributed by atoms with Gasteiger partial charge in [-0.3, -0.25) is 4.79 Å². The van der Waals surface area contributed by atoms with Gasteiger partial charge in [0.2, 0.25) is 5.91 Å². The highest BCUT2D eigenvalue weighted by Crippen LogP contribution is 2.18. The number of nitrogens with one attached hydrogen (secondary N) is 1. The first-order valence-electron chi connectivity index (χ1n) is 7.26. The average Bonchev–Trinajstić information content (AvgIpc) is 3.02. The molecule has 4 heteroatoms. The van der Waals surface area contributed by atoms with E-state index in [9.17, 15) is 9.90 Å². The summed E-state index contributed by atoms with van der Waals surface area (Å²) < 4.78 is 0. The first kappa shape index (κ1) is 15.7. The van der Waals surface area contributed by atoms with Gasteiger partial charge in [0, 0.05) is 13.0 Å². The van der Waals surface area contributed by atoms with Crippen LogP contribution in [0, 0.1) is 0 Å². The van der Waals surface area contributed by atoms with Crippen molar-refractivity contribution in [2.45, 2.75) is 31.8 Å². The van der Waals surface area contributed by atoms with Crippen LogP contribution in [-0.2, 0) is 11.2 Å². The highest BCUT2D eigenvalue weighted by atomic mass is 32.1. The largest absolute Gasteiger partial charge is 0.388 e. The number of amides is 1. The summed E-state index contributed by atoms with van der Waals surface area (Å²) in [7, 11) is 0. The van der Waals surface area contributed by atoms with Gasteiger partial charge in [-0.05, 0) is 47.2 Å². The van der Waals surface area contributed by atoms with Gasteiger partial charge in [-0.1, -0.05) is 30.3 Å². The van der Waals surface area contributed by atoms with Crippen molar-refractivity contribution in [2.75, 3.05) is 6.54 Å². The van der Waals surface area contributed by atoms with E-state index in [2.05, 4.69) is 17.4 Å². The highest BCUT2D eigenvalue weighted by molar-refractivity contribution is 7.07. The van der Waals surface area contributed by atoms with Gasteiger partial charge < -0.3 is 10.4 Å². The molecule has 112 valence electrons. The smallest absolute Gasteiger partial charge is 0.220 e. The summed E-state index contributed by atoms with van der Waals surface area (Å²) in [5, 5.41) is 16.7. The third-order valence-electron chi connectivity index (χ3n) is 3.38. The van der Waals surface area contributed by atoms with Crippen LogP contribution in [-0.4, -0.2) is 17.6 Å². The quantitative estimate of drug-likeness (QED) is 0.786. The Morgan fingerprint density at radius 1 is 1.24 bits per heavy atom. The molecule has 0 bridgehead atoms. The lowest BCUT2D eigenvalue weighted by molar-refractivity contribution is -0.121. The Bertz CT molecular complexity index is 525. The molecule has 0 aliphatic rings. The number of thiophene rings is 1. The Morgan fingerprint density at radius 3 is 2.76 bits per heavy atom. The average molecular weight is 303 g/mol. The van der Waals surface area contributed by atoms with Crippen molar-refractivity contribution in [3.8, 4) is 0 Å². The summed E-state index contributed by atoms with van der Waals surface area (Å²) in [6, 6.07) is 12.1. The number of benzene rings is 1. The zero-order valence-corrected chi connectivity index (χ0v) is 12.8. The summed E-state index contributed by atoms with van der Waals surface area (Å²) >= 11 is 1.57. The molecule has 0 saturated carbocycles. The third kappa shape index (κ3) is 5.69. The van der Waals surface area contributed by atoms with Gasteiger partial charge in [0.25, 0.3) is 0 Å². The van der Waals surface area contributed by atoms with E-state index in [0.29, 0.717) is 19.4 Å². The van der Waals surface area contributed by atoms with Gasteiger partial charge in [-0.2, -0.15) is 11.3 Å². The monoisotopic (exact) mass is 303 g/mol. The lowest BCUT2D eigenvalue weighted by Gasteiger charge is -2.10. The number of carbonyl (C=O) groups excluding carboxylic acids is 1. The first-order valence-corrected chi connectivity index (χ1v) is 8.21. The Kier molecular flexibility index (Phi) is 6.44. The van der Waals surface area contributed by atoms with Crippen molar-refractivity contribution < 1.29 is 9.90 Å². The molecule has 1 amide bonds. The van der Waals surface area contributed by atoms with E-state index in [-0.39, 0.29) is 5.91 Å². The molecule has 2 aromatic rings. The van der Waals surface area contributed by atoms with E-state index < -0.39 is 6.10 Å². The molecule has 21 heavy (non-hydrogen) atoms. The number of carbonyl (C=O) groups is 1. The highest BCUT2D eigenvalue weighted by Gasteiger charge is 2.08. The van der Waals surface area contributed by atoms with E-state index in [1.165, 1.54) is 5.56 Å². The predicted molar refractivity (Wildman–Crippen MR) is 86.3 cm³/mol. The number of aryl methyl sites for hydroxylation is 1. The molecule has 0 radical (unpaired) electrons. The maximum Gasteiger partial charge on any atom is 0.220 e. The van der Waals surface area contributed by atoms with Crippen molar-refractivity contribution in [1.29, 1.82) is 0 Å². The van der Waals surface area contributed by atoms with Crippen molar-refractivity contribution in [3.63, 3.8) is 0 Å². The number of aliphatic hydroxyl groups excluding tert-OH is 1. The fourth-order valence-electron chi connectivity index (χ4n) is 2.17. The summed E-state index contributed by atoms with van der Waals surface area (Å²) in [5.74, 6) is 0.0587. The lowest BCUT2D eigenvalue weighted by atomic mass is 10.1. The normalized spacial score (nSPS) is 12.0. The van der Waals surface area contributed by atoms with E-state index in [0.717, 1.165) is 18.4 Å². The molecule has 1 aromatic carbocycles. The minimum Gasteiger partial charge on any atom is -0.388 e. The molecule has 0 spiro atoms. The second-order valence-electron chi connectivity index (χ2n) is 5.05. The van der Waals surface area contributed by atoms with Crippen LogP contribution < -0.4 is 5.32 Å². The van der Waals surface area contributed by atoms with E-state index in [1.807, 2.05) is 35.0 Å². The molecule has 3 nitrogen and oxygen atoms in total. The van der Waals surface area contributed by atoms with Crippen LogP contribution >= 0.6 is 11.3 Å². The minimum atomic E-state index is -0.485. The lowest BCUT2D eigenvalue weighted by Crippen LogP contribution is -2.25. The van der Waals surface area contributed by atoms with E-state index in [4.69, 9.17) is 0 Å². The topological polar surface area (TPSA) is 49.3 Å². The maximum atomic E-state index is 11.7. The van der Waals surface area contributed by atoms with Crippen molar-refractivity contribution in [2.24, 2.45) is 0 Å². The zero-order valence-electron chi connectivity index (χ0n) is 12.0. The fourth-order valence-corrected chi connectivity index (χ4v) is 2.87. The standard InChI is InChI=1S/C17H21NO2S/c19-16(15-10-12-21-13-15)9-11-18-17(20)8-4-7-14-5-2-1-3-6-14/h1-3,5-6,10,12-13,16,19H,4,7-9,11H2,(H,18,20). The Morgan fingerprint density at radius 2 is 2.05 bits per heavy atom. The number of aliphatic hydroxyl groups is 1. The molecule has 0 saturated heterocycles. The van der Waals surface area contributed by atoms with Crippen LogP contribution in [0.2, 0.25) is 0 Å². The molecule has 0 aliphatic carbocycles. The molecule has 1 unspecified atom stereocenters. The van der Waals surface area contributed by atoms with Crippen LogP contribution in [0.3, 0.4) is 0 Å². The summed E-state index contributed by atoms with van der Waals surface area (Å²) in [5.41, 5.74) is 2.19.